The Labute approximate surface area is 170 Å². The van der Waals surface area contributed by atoms with Crippen LogP contribution in [-0.2, 0) is 0 Å². The minimum Gasteiger partial charge on any atom is -0.0999 e. The monoisotopic (exact) mass is 370 g/mol. The van der Waals surface area contributed by atoms with Gasteiger partial charge in [0.1, 0.15) is 0 Å². The molecule has 27 heavy (non-hydrogen) atoms. The lowest BCUT2D eigenvalue weighted by atomic mass is 9.69. The third-order valence-corrected chi connectivity index (χ3v) is 6.80. The highest BCUT2D eigenvalue weighted by molar-refractivity contribution is 5.28. The molecule has 0 saturated heterocycles. The van der Waals surface area contributed by atoms with Crippen molar-refractivity contribution in [3.63, 3.8) is 0 Å². The summed E-state index contributed by atoms with van der Waals surface area (Å²) in [6.07, 6.45) is 20.7. The van der Waals surface area contributed by atoms with Gasteiger partial charge in [0.15, 0.2) is 0 Å². The van der Waals surface area contributed by atoms with E-state index in [1.165, 1.54) is 75.4 Å². The van der Waals surface area contributed by atoms with Crippen LogP contribution in [0.5, 0.6) is 0 Å². The van der Waals surface area contributed by atoms with Gasteiger partial charge in [0.05, 0.1) is 0 Å². The highest BCUT2D eigenvalue weighted by atomic mass is 14.3. The smallest absolute Gasteiger partial charge is 0.0131 e. The Kier molecular flexibility index (Phi) is 11.7. The molecule has 0 spiro atoms. The van der Waals surface area contributed by atoms with Crippen LogP contribution >= 0.6 is 0 Å². The van der Waals surface area contributed by atoms with Gasteiger partial charge in [-0.1, -0.05) is 83.1 Å². The van der Waals surface area contributed by atoms with Crippen molar-refractivity contribution in [2.75, 3.05) is 0 Å². The normalized spacial score (nSPS) is 27.8. The van der Waals surface area contributed by atoms with Crippen molar-refractivity contribution in [1.82, 2.24) is 0 Å². The van der Waals surface area contributed by atoms with Gasteiger partial charge in [0.2, 0.25) is 0 Å². The maximum atomic E-state index is 3.91. The summed E-state index contributed by atoms with van der Waals surface area (Å²) in [6.45, 7) is 18.9. The molecule has 0 heterocycles. The van der Waals surface area contributed by atoms with Crippen molar-refractivity contribution < 1.29 is 0 Å². The minimum atomic E-state index is 0.708. The zero-order chi connectivity index (χ0) is 20.2. The standard InChI is InChI=1S/C13H20.C7H12.C7H14/c1-3-12-10(2)8-9-11-6-4-5-7-13(11)12;1-7-5-3-2-4-6-7;1-5-7(4)6(2)3/h6,8-10,12-13H,3-5,7H2,1-2H3;1-6H2;7H,2,5H2,1,3-4H3. The van der Waals surface area contributed by atoms with E-state index in [0.717, 1.165) is 17.8 Å². The number of fused-ring (bicyclic) bond motifs is 1. The fourth-order valence-electron chi connectivity index (χ4n) is 4.41. The molecule has 0 aliphatic heterocycles. The first kappa shape index (κ1) is 24.0. The summed E-state index contributed by atoms with van der Waals surface area (Å²) < 4.78 is 0. The molecular formula is C27H46. The molecule has 0 heteroatoms. The molecule has 0 aromatic heterocycles. The Bertz CT molecular complexity index is 494. The minimum absolute atomic E-state index is 0.708. The van der Waals surface area contributed by atoms with Gasteiger partial charge in [-0.2, -0.15) is 0 Å². The first-order valence-electron chi connectivity index (χ1n) is 11.6. The van der Waals surface area contributed by atoms with Crippen molar-refractivity contribution in [3.05, 3.63) is 48.1 Å². The summed E-state index contributed by atoms with van der Waals surface area (Å²) in [5.41, 5.74) is 4.39. The Balaban J connectivity index is 0.000000223. The predicted octanol–water partition coefficient (Wildman–Crippen LogP) is 9.06. The van der Waals surface area contributed by atoms with Crippen molar-refractivity contribution >= 4 is 0 Å². The van der Waals surface area contributed by atoms with E-state index in [-0.39, 0.29) is 0 Å². The molecule has 0 amide bonds. The summed E-state index contributed by atoms with van der Waals surface area (Å²) in [5, 5.41) is 0. The van der Waals surface area contributed by atoms with Crippen molar-refractivity contribution in [2.45, 2.75) is 98.8 Å². The molecule has 4 unspecified atom stereocenters. The van der Waals surface area contributed by atoms with Crippen molar-refractivity contribution in [1.29, 1.82) is 0 Å². The van der Waals surface area contributed by atoms with E-state index < -0.39 is 0 Å². The molecule has 0 bridgehead atoms. The van der Waals surface area contributed by atoms with Crippen LogP contribution in [0.2, 0.25) is 0 Å². The van der Waals surface area contributed by atoms with E-state index in [1.54, 1.807) is 5.57 Å². The van der Waals surface area contributed by atoms with E-state index in [9.17, 15) is 0 Å². The van der Waals surface area contributed by atoms with E-state index >= 15 is 0 Å². The first-order valence-corrected chi connectivity index (χ1v) is 11.6. The van der Waals surface area contributed by atoms with Gasteiger partial charge in [-0.15, -0.1) is 0 Å². The Morgan fingerprint density at radius 2 is 1.81 bits per heavy atom. The summed E-state index contributed by atoms with van der Waals surface area (Å²) in [6, 6.07) is 0. The van der Waals surface area contributed by atoms with Crippen molar-refractivity contribution in [2.24, 2.45) is 23.7 Å². The van der Waals surface area contributed by atoms with Crippen LogP contribution in [0, 0.1) is 23.7 Å². The molecule has 1 saturated carbocycles. The largest absolute Gasteiger partial charge is 0.0999 e. The maximum absolute atomic E-state index is 3.91. The third-order valence-electron chi connectivity index (χ3n) is 6.80. The van der Waals surface area contributed by atoms with Gasteiger partial charge >= 0.3 is 0 Å². The maximum Gasteiger partial charge on any atom is -0.0131 e. The van der Waals surface area contributed by atoms with Crippen LogP contribution in [-0.4, -0.2) is 0 Å². The average Bonchev–Trinajstić information content (AvgIpc) is 2.69. The number of allylic oxidation sites excluding steroid dienone is 6. The molecule has 0 aromatic carbocycles. The van der Waals surface area contributed by atoms with E-state index in [0.29, 0.717) is 5.92 Å². The van der Waals surface area contributed by atoms with E-state index in [4.69, 9.17) is 0 Å². The fourth-order valence-corrected chi connectivity index (χ4v) is 4.41. The van der Waals surface area contributed by atoms with Crippen LogP contribution in [0.15, 0.2) is 48.1 Å². The molecule has 0 radical (unpaired) electrons. The Hall–Kier alpha value is -1.04. The highest BCUT2D eigenvalue weighted by Gasteiger charge is 2.30. The Morgan fingerprint density at radius 1 is 1.15 bits per heavy atom. The first-order chi connectivity index (χ1) is 12.9. The number of rotatable bonds is 3. The second kappa shape index (κ2) is 13.2. The summed E-state index contributed by atoms with van der Waals surface area (Å²) >= 11 is 0. The van der Waals surface area contributed by atoms with Crippen LogP contribution in [0.25, 0.3) is 0 Å². The molecule has 154 valence electrons. The molecule has 4 atom stereocenters. The van der Waals surface area contributed by atoms with E-state index in [1.807, 2.05) is 0 Å². The summed E-state index contributed by atoms with van der Waals surface area (Å²) in [4.78, 5) is 0. The fraction of sp³-hybridized carbons (Fsp3) is 0.704. The van der Waals surface area contributed by atoms with Crippen molar-refractivity contribution in [3.8, 4) is 0 Å². The van der Waals surface area contributed by atoms with Crippen LogP contribution < -0.4 is 0 Å². The van der Waals surface area contributed by atoms with Gasteiger partial charge < -0.3 is 0 Å². The Morgan fingerprint density at radius 3 is 2.26 bits per heavy atom. The van der Waals surface area contributed by atoms with Gasteiger partial charge in [0.25, 0.3) is 0 Å². The third kappa shape index (κ3) is 8.67. The molecule has 3 aliphatic rings. The quantitative estimate of drug-likeness (QED) is 0.434. The van der Waals surface area contributed by atoms with Crippen LogP contribution in [0.3, 0.4) is 0 Å². The number of hydrogen-bond donors (Lipinski definition) is 0. The predicted molar refractivity (Wildman–Crippen MR) is 124 cm³/mol. The molecule has 0 N–H and O–H groups in total. The lowest BCUT2D eigenvalue weighted by molar-refractivity contribution is 0.268. The molecular weight excluding hydrogens is 324 g/mol. The van der Waals surface area contributed by atoms with Gasteiger partial charge in [-0.05, 0) is 87.5 Å². The average molecular weight is 371 g/mol. The second-order valence-electron chi connectivity index (χ2n) is 9.00. The molecule has 0 aromatic rings. The zero-order valence-corrected chi connectivity index (χ0v) is 19.0. The second-order valence-corrected chi connectivity index (χ2v) is 9.00. The molecule has 3 aliphatic carbocycles. The lowest BCUT2D eigenvalue weighted by Crippen LogP contribution is -2.26. The lowest BCUT2D eigenvalue weighted by Gasteiger charge is -2.36. The van der Waals surface area contributed by atoms with E-state index in [2.05, 4.69) is 66.0 Å². The SMILES string of the molecule is C=C(C)C(C)CC.C=C1CCCCC1.CCC1C(C)C=CC2=CCCCC21. The van der Waals surface area contributed by atoms with Gasteiger partial charge in [-0.25, -0.2) is 0 Å². The molecule has 1 fully saturated rings. The summed E-state index contributed by atoms with van der Waals surface area (Å²) in [7, 11) is 0. The highest BCUT2D eigenvalue weighted by Crippen LogP contribution is 2.41. The molecule has 3 rings (SSSR count). The number of hydrogen-bond acceptors (Lipinski definition) is 0. The van der Waals surface area contributed by atoms with Gasteiger partial charge in [0, 0.05) is 0 Å². The molecule has 0 nitrogen and oxygen atoms in total. The van der Waals surface area contributed by atoms with Crippen LogP contribution in [0.1, 0.15) is 98.8 Å². The zero-order valence-electron chi connectivity index (χ0n) is 19.0. The summed E-state index contributed by atoms with van der Waals surface area (Å²) in [5.74, 6) is 3.31. The topological polar surface area (TPSA) is 0 Å². The van der Waals surface area contributed by atoms with Gasteiger partial charge in [-0.3, -0.25) is 0 Å². The van der Waals surface area contributed by atoms with Crippen LogP contribution in [0.4, 0.5) is 0 Å².